The van der Waals surface area contributed by atoms with Crippen LogP contribution in [0.5, 0.6) is 23.0 Å². The molecule has 0 saturated heterocycles. The predicted molar refractivity (Wildman–Crippen MR) is 98.6 cm³/mol. The van der Waals surface area contributed by atoms with Crippen molar-refractivity contribution in [2.45, 2.75) is 19.3 Å². The zero-order valence-corrected chi connectivity index (χ0v) is 15.4. The quantitative estimate of drug-likeness (QED) is 0.354. The van der Waals surface area contributed by atoms with Crippen molar-refractivity contribution in [3.63, 3.8) is 0 Å². The Kier molecular flexibility index (Phi) is 5.56. The first-order valence-electron chi connectivity index (χ1n) is 8.54. The topological polar surface area (TPSA) is 44.5 Å². The lowest BCUT2D eigenvalue weighted by Gasteiger charge is -2.14. The lowest BCUT2D eigenvalue weighted by Crippen LogP contribution is -2.08. The SMILES string of the molecule is Cc1ccc(Oc2ccc(Oc3ccc(N)c(C(F)(F)F)c3)cc2)cc1C(F)(F)F. The van der Waals surface area contributed by atoms with Gasteiger partial charge < -0.3 is 15.2 Å². The lowest BCUT2D eigenvalue weighted by molar-refractivity contribution is -0.138. The Morgan fingerprint density at radius 1 is 0.600 bits per heavy atom. The highest BCUT2D eigenvalue weighted by atomic mass is 19.4. The molecule has 0 aliphatic heterocycles. The van der Waals surface area contributed by atoms with Gasteiger partial charge in [-0.25, -0.2) is 0 Å². The molecule has 0 fully saturated rings. The molecule has 0 amide bonds. The van der Waals surface area contributed by atoms with Crippen LogP contribution in [-0.2, 0) is 12.4 Å². The van der Waals surface area contributed by atoms with Gasteiger partial charge in [-0.3, -0.25) is 0 Å². The van der Waals surface area contributed by atoms with Gasteiger partial charge in [0.05, 0.1) is 11.1 Å². The zero-order valence-electron chi connectivity index (χ0n) is 15.4. The Morgan fingerprint density at radius 3 is 1.47 bits per heavy atom. The number of ether oxygens (including phenoxy) is 2. The van der Waals surface area contributed by atoms with Crippen molar-refractivity contribution in [1.29, 1.82) is 0 Å². The van der Waals surface area contributed by atoms with Crippen LogP contribution in [0.25, 0.3) is 0 Å². The fourth-order valence-corrected chi connectivity index (χ4v) is 2.66. The molecule has 3 aromatic carbocycles. The largest absolute Gasteiger partial charge is 0.457 e. The first-order chi connectivity index (χ1) is 13.9. The fourth-order valence-electron chi connectivity index (χ4n) is 2.66. The highest BCUT2D eigenvalue weighted by molar-refractivity contribution is 5.52. The van der Waals surface area contributed by atoms with Crippen LogP contribution in [0, 0.1) is 6.92 Å². The summed E-state index contributed by atoms with van der Waals surface area (Å²) < 4.78 is 88.6. The maximum atomic E-state index is 13.0. The van der Waals surface area contributed by atoms with Gasteiger partial charge in [0.1, 0.15) is 23.0 Å². The minimum Gasteiger partial charge on any atom is -0.457 e. The minimum absolute atomic E-state index is 0.00468. The van der Waals surface area contributed by atoms with Crippen LogP contribution in [0.15, 0.2) is 60.7 Å². The highest BCUT2D eigenvalue weighted by Gasteiger charge is 2.34. The maximum absolute atomic E-state index is 13.0. The van der Waals surface area contributed by atoms with Crippen molar-refractivity contribution in [3.8, 4) is 23.0 Å². The highest BCUT2D eigenvalue weighted by Crippen LogP contribution is 2.38. The molecule has 3 rings (SSSR count). The van der Waals surface area contributed by atoms with Crippen LogP contribution in [0.3, 0.4) is 0 Å². The van der Waals surface area contributed by atoms with E-state index in [9.17, 15) is 26.3 Å². The van der Waals surface area contributed by atoms with E-state index in [4.69, 9.17) is 15.2 Å². The van der Waals surface area contributed by atoms with Gasteiger partial charge in [-0.15, -0.1) is 0 Å². The average molecular weight is 427 g/mol. The lowest BCUT2D eigenvalue weighted by atomic mass is 10.1. The minimum atomic E-state index is -4.62. The van der Waals surface area contributed by atoms with E-state index >= 15 is 0 Å². The summed E-state index contributed by atoms with van der Waals surface area (Å²) in [4.78, 5) is 0. The van der Waals surface area contributed by atoms with Crippen molar-refractivity contribution >= 4 is 5.69 Å². The molecule has 0 bridgehead atoms. The number of nitrogens with two attached hydrogens (primary N) is 1. The van der Waals surface area contributed by atoms with Gasteiger partial charge in [-0.05, 0) is 67.1 Å². The van der Waals surface area contributed by atoms with Crippen molar-refractivity contribution in [3.05, 3.63) is 77.4 Å². The van der Waals surface area contributed by atoms with E-state index < -0.39 is 29.2 Å². The van der Waals surface area contributed by atoms with Gasteiger partial charge in [0.2, 0.25) is 0 Å². The van der Waals surface area contributed by atoms with Crippen molar-refractivity contribution in [1.82, 2.24) is 0 Å². The monoisotopic (exact) mass is 427 g/mol. The molecule has 0 saturated carbocycles. The number of hydrogen-bond donors (Lipinski definition) is 1. The molecule has 0 aromatic heterocycles. The number of aryl methyl sites for hydroxylation is 1. The van der Waals surface area contributed by atoms with Crippen LogP contribution < -0.4 is 15.2 Å². The second-order valence-electron chi connectivity index (χ2n) is 6.40. The maximum Gasteiger partial charge on any atom is 0.418 e. The summed E-state index contributed by atoms with van der Waals surface area (Å²) in [5.74, 6) is 0.362. The third kappa shape index (κ3) is 4.97. The molecule has 0 unspecified atom stereocenters. The summed E-state index contributed by atoms with van der Waals surface area (Å²) in [7, 11) is 0. The Bertz CT molecular complexity index is 958. The average Bonchev–Trinajstić information content (AvgIpc) is 2.64. The van der Waals surface area contributed by atoms with E-state index in [1.807, 2.05) is 0 Å². The summed E-state index contributed by atoms with van der Waals surface area (Å²) in [6, 6.07) is 12.4. The van der Waals surface area contributed by atoms with Gasteiger partial charge >= 0.3 is 12.4 Å². The standard InChI is InChI=1S/C21H15F6NO2/c1-12-2-3-15(10-17(12)20(22,23)24)29-13-4-6-14(7-5-13)30-16-8-9-19(28)18(11-16)21(25,26)27/h2-11H,28H2,1H3. The molecule has 3 nitrogen and oxygen atoms in total. The van der Waals surface area contributed by atoms with Crippen LogP contribution in [0.1, 0.15) is 16.7 Å². The number of alkyl halides is 6. The van der Waals surface area contributed by atoms with E-state index in [1.165, 1.54) is 49.4 Å². The molecule has 0 radical (unpaired) electrons. The summed E-state index contributed by atoms with van der Waals surface area (Å²) in [5.41, 5.74) is 3.18. The summed E-state index contributed by atoms with van der Waals surface area (Å²) >= 11 is 0. The molecule has 3 aromatic rings. The molecule has 0 aliphatic carbocycles. The van der Waals surface area contributed by atoms with Gasteiger partial charge in [0.25, 0.3) is 0 Å². The third-order valence-electron chi connectivity index (χ3n) is 4.14. The molecule has 158 valence electrons. The fraction of sp³-hybridized carbons (Fsp3) is 0.143. The number of benzene rings is 3. The molecule has 0 atom stereocenters. The predicted octanol–water partition coefficient (Wildman–Crippen LogP) is 7.20. The van der Waals surface area contributed by atoms with Crippen LogP contribution in [0.4, 0.5) is 32.0 Å². The number of hydrogen-bond acceptors (Lipinski definition) is 3. The number of halogens is 6. The van der Waals surface area contributed by atoms with Crippen molar-refractivity contribution in [2.24, 2.45) is 0 Å². The van der Waals surface area contributed by atoms with E-state index in [2.05, 4.69) is 0 Å². The first-order valence-corrected chi connectivity index (χ1v) is 8.54. The van der Waals surface area contributed by atoms with E-state index in [0.29, 0.717) is 0 Å². The molecule has 0 heterocycles. The number of rotatable bonds is 4. The number of anilines is 1. The molecule has 30 heavy (non-hydrogen) atoms. The van der Waals surface area contributed by atoms with Gasteiger partial charge in [0.15, 0.2) is 0 Å². The Hall–Kier alpha value is -3.36. The Morgan fingerprint density at radius 2 is 1.00 bits per heavy atom. The molecule has 0 aliphatic rings. The van der Waals surface area contributed by atoms with Gasteiger partial charge in [-0.2, -0.15) is 26.3 Å². The van der Waals surface area contributed by atoms with Crippen LogP contribution >= 0.6 is 0 Å². The number of nitrogen functional groups attached to an aromatic ring is 1. The second kappa shape index (κ2) is 7.81. The first kappa shape index (κ1) is 21.4. The van der Waals surface area contributed by atoms with E-state index in [0.717, 1.165) is 18.2 Å². The normalized spacial score (nSPS) is 12.0. The molecular formula is C21H15F6NO2. The molecule has 2 N–H and O–H groups in total. The van der Waals surface area contributed by atoms with Crippen LogP contribution in [0.2, 0.25) is 0 Å². The Balaban J connectivity index is 1.75. The van der Waals surface area contributed by atoms with E-state index in [1.54, 1.807) is 0 Å². The van der Waals surface area contributed by atoms with Crippen molar-refractivity contribution < 1.29 is 35.8 Å². The molecule has 0 spiro atoms. The summed E-state index contributed by atoms with van der Waals surface area (Å²) in [5, 5.41) is 0. The van der Waals surface area contributed by atoms with E-state index in [-0.39, 0.29) is 28.6 Å². The molecular weight excluding hydrogens is 412 g/mol. The zero-order chi connectivity index (χ0) is 22.1. The summed E-state index contributed by atoms with van der Waals surface area (Å²) in [6.45, 7) is 1.35. The third-order valence-corrected chi connectivity index (χ3v) is 4.14. The van der Waals surface area contributed by atoms with Crippen molar-refractivity contribution in [2.75, 3.05) is 5.73 Å². The van der Waals surface area contributed by atoms with Gasteiger partial charge in [0, 0.05) is 5.69 Å². The van der Waals surface area contributed by atoms with Crippen LogP contribution in [-0.4, -0.2) is 0 Å². The Labute approximate surface area is 167 Å². The smallest absolute Gasteiger partial charge is 0.418 e. The summed E-state index contributed by atoms with van der Waals surface area (Å²) in [6.07, 6.45) is -9.13. The second-order valence-corrected chi connectivity index (χ2v) is 6.40. The van der Waals surface area contributed by atoms with Gasteiger partial charge in [-0.1, -0.05) is 6.07 Å². The molecule has 9 heteroatoms.